The Morgan fingerprint density at radius 1 is 1.07 bits per heavy atom. The Morgan fingerprint density at radius 3 is 2.23 bits per heavy atom. The van der Waals surface area contributed by atoms with Crippen LogP contribution < -0.4 is 4.74 Å². The van der Waals surface area contributed by atoms with E-state index in [9.17, 15) is 9.90 Å². The summed E-state index contributed by atoms with van der Waals surface area (Å²) in [6.07, 6.45) is 6.84. The number of carboxylic acids is 1. The largest absolute Gasteiger partial charge is 0.497 e. The fourth-order valence-corrected chi connectivity index (χ4v) is 2.79. The lowest BCUT2D eigenvalue weighted by Gasteiger charge is -2.14. The van der Waals surface area contributed by atoms with Gasteiger partial charge in [-0.2, -0.15) is 0 Å². The number of aliphatic hydroxyl groups excluding tert-OH is 1. The summed E-state index contributed by atoms with van der Waals surface area (Å²) in [5, 5.41) is 17.7. The topological polar surface area (TPSA) is 85.2 Å². The molecule has 1 unspecified atom stereocenters. The summed E-state index contributed by atoms with van der Waals surface area (Å²) < 4.78 is 15.0. The number of hydrogen-bond donors (Lipinski definition) is 2. The number of methoxy groups -OCH3 is 1. The summed E-state index contributed by atoms with van der Waals surface area (Å²) in [7, 11) is 1.62. The molecule has 0 fully saturated rings. The first-order valence-corrected chi connectivity index (χ1v) is 10.9. The van der Waals surface area contributed by atoms with Crippen molar-refractivity contribution in [2.45, 2.75) is 52.9 Å². The lowest BCUT2D eigenvalue weighted by Crippen LogP contribution is -2.08. The lowest BCUT2D eigenvalue weighted by atomic mass is 9.91. The second-order valence-corrected chi connectivity index (χ2v) is 6.90. The molecule has 0 saturated carbocycles. The molecule has 1 aromatic rings. The van der Waals surface area contributed by atoms with Crippen LogP contribution in [0.4, 0.5) is 0 Å². The van der Waals surface area contributed by atoms with Gasteiger partial charge in [0.2, 0.25) is 0 Å². The zero-order valence-corrected chi connectivity index (χ0v) is 19.1. The van der Waals surface area contributed by atoms with Gasteiger partial charge in [-0.3, -0.25) is 0 Å². The van der Waals surface area contributed by atoms with Crippen LogP contribution in [-0.2, 0) is 14.3 Å². The van der Waals surface area contributed by atoms with E-state index in [1.54, 1.807) is 13.2 Å². The van der Waals surface area contributed by atoms with E-state index in [2.05, 4.69) is 13.8 Å². The number of carbonyl (C=O) groups is 1. The molecule has 0 bridgehead atoms. The SMILES string of the molecule is CCCCC(CC)CC(=Cc1ccc(OC)cc1)C(=O)O.CCOCCOCCO. The van der Waals surface area contributed by atoms with Crippen LogP contribution in [0, 0.1) is 5.92 Å². The molecule has 0 amide bonds. The summed E-state index contributed by atoms with van der Waals surface area (Å²) >= 11 is 0. The third-order valence-corrected chi connectivity index (χ3v) is 4.60. The van der Waals surface area contributed by atoms with Crippen LogP contribution >= 0.6 is 0 Å². The number of rotatable bonds is 15. The van der Waals surface area contributed by atoms with Gasteiger partial charge in [0, 0.05) is 12.2 Å². The van der Waals surface area contributed by atoms with E-state index >= 15 is 0 Å². The second kappa shape index (κ2) is 19.1. The fraction of sp³-hybridized carbons (Fsp3) is 0.625. The number of unbranched alkanes of at least 4 members (excludes halogenated alkanes) is 1. The van der Waals surface area contributed by atoms with Crippen LogP contribution in [0.2, 0.25) is 0 Å². The van der Waals surface area contributed by atoms with Crippen LogP contribution in [0.25, 0.3) is 6.08 Å². The van der Waals surface area contributed by atoms with Crippen LogP contribution in [0.15, 0.2) is 29.8 Å². The molecule has 0 radical (unpaired) electrons. The normalized spacial score (nSPS) is 12.1. The Morgan fingerprint density at radius 2 is 1.73 bits per heavy atom. The smallest absolute Gasteiger partial charge is 0.331 e. The molecule has 0 heterocycles. The maximum atomic E-state index is 11.5. The van der Waals surface area contributed by atoms with Gasteiger partial charge in [0.1, 0.15) is 5.75 Å². The lowest BCUT2D eigenvalue weighted by molar-refractivity contribution is -0.132. The molecule has 0 aliphatic carbocycles. The number of aliphatic carboxylic acids is 1. The highest BCUT2D eigenvalue weighted by molar-refractivity contribution is 5.92. The van der Waals surface area contributed by atoms with E-state index < -0.39 is 5.97 Å². The Balaban J connectivity index is 0.000000787. The molecule has 1 rings (SSSR count). The molecule has 2 N–H and O–H groups in total. The monoisotopic (exact) mass is 424 g/mol. The third kappa shape index (κ3) is 14.1. The molecule has 0 aliphatic rings. The van der Waals surface area contributed by atoms with Crippen molar-refractivity contribution in [3.63, 3.8) is 0 Å². The fourth-order valence-electron chi connectivity index (χ4n) is 2.79. The Kier molecular flexibility index (Phi) is 17.9. The zero-order chi connectivity index (χ0) is 22.6. The van der Waals surface area contributed by atoms with Gasteiger partial charge >= 0.3 is 5.97 Å². The third-order valence-electron chi connectivity index (χ3n) is 4.60. The molecule has 0 spiro atoms. The minimum Gasteiger partial charge on any atom is -0.497 e. The van der Waals surface area contributed by atoms with Crippen molar-refractivity contribution in [1.29, 1.82) is 0 Å². The molecule has 1 aromatic carbocycles. The summed E-state index contributed by atoms with van der Waals surface area (Å²) in [5.74, 6) is 0.407. The van der Waals surface area contributed by atoms with Gasteiger partial charge in [-0.05, 0) is 43.0 Å². The van der Waals surface area contributed by atoms with Gasteiger partial charge in [-0.25, -0.2) is 4.79 Å². The predicted molar refractivity (Wildman–Crippen MR) is 121 cm³/mol. The van der Waals surface area contributed by atoms with Crippen molar-refractivity contribution < 1.29 is 29.2 Å². The van der Waals surface area contributed by atoms with Crippen molar-refractivity contribution in [3.05, 3.63) is 35.4 Å². The minimum atomic E-state index is -0.819. The average Bonchev–Trinajstić information content (AvgIpc) is 2.76. The van der Waals surface area contributed by atoms with Crippen molar-refractivity contribution in [3.8, 4) is 5.75 Å². The highest BCUT2D eigenvalue weighted by Crippen LogP contribution is 2.23. The summed E-state index contributed by atoms with van der Waals surface area (Å²) in [5.41, 5.74) is 1.39. The van der Waals surface area contributed by atoms with Crippen LogP contribution in [0.3, 0.4) is 0 Å². The second-order valence-electron chi connectivity index (χ2n) is 6.90. The first-order valence-electron chi connectivity index (χ1n) is 10.9. The van der Waals surface area contributed by atoms with Crippen LogP contribution in [0.5, 0.6) is 5.75 Å². The first kappa shape index (κ1) is 28.1. The van der Waals surface area contributed by atoms with Crippen molar-refractivity contribution >= 4 is 12.0 Å². The van der Waals surface area contributed by atoms with E-state index in [0.717, 1.165) is 43.6 Å². The maximum absolute atomic E-state index is 11.5. The van der Waals surface area contributed by atoms with E-state index in [1.807, 2.05) is 31.2 Å². The molecule has 172 valence electrons. The van der Waals surface area contributed by atoms with Crippen LogP contribution in [-0.4, -0.2) is 56.3 Å². The van der Waals surface area contributed by atoms with Gasteiger partial charge in [-0.1, -0.05) is 51.7 Å². The van der Waals surface area contributed by atoms with Gasteiger partial charge in [0.25, 0.3) is 0 Å². The number of ether oxygens (including phenoxy) is 3. The number of aliphatic hydroxyl groups is 1. The molecule has 0 aliphatic heterocycles. The van der Waals surface area contributed by atoms with E-state index in [4.69, 9.17) is 19.3 Å². The Labute approximate surface area is 181 Å². The quantitative estimate of drug-likeness (QED) is 0.311. The highest BCUT2D eigenvalue weighted by atomic mass is 16.5. The molecule has 6 heteroatoms. The van der Waals surface area contributed by atoms with E-state index in [-0.39, 0.29) is 6.61 Å². The molecular formula is C24H40O6. The first-order chi connectivity index (χ1) is 14.5. The molecule has 0 aromatic heterocycles. The number of benzene rings is 1. The number of carboxylic acid groups (broad SMARTS) is 1. The van der Waals surface area contributed by atoms with Crippen molar-refractivity contribution in [2.24, 2.45) is 5.92 Å². The van der Waals surface area contributed by atoms with Gasteiger partial charge in [0.15, 0.2) is 0 Å². The van der Waals surface area contributed by atoms with Crippen molar-refractivity contribution in [2.75, 3.05) is 40.1 Å². The van der Waals surface area contributed by atoms with Crippen molar-refractivity contribution in [1.82, 2.24) is 0 Å². The molecule has 30 heavy (non-hydrogen) atoms. The van der Waals surface area contributed by atoms with Gasteiger partial charge in [-0.15, -0.1) is 0 Å². The molecule has 0 saturated heterocycles. The molecule has 1 atom stereocenters. The number of hydrogen-bond acceptors (Lipinski definition) is 5. The Bertz CT molecular complexity index is 562. The Hall–Kier alpha value is -1.89. The maximum Gasteiger partial charge on any atom is 0.331 e. The van der Waals surface area contributed by atoms with Gasteiger partial charge < -0.3 is 24.4 Å². The summed E-state index contributed by atoms with van der Waals surface area (Å²) in [4.78, 5) is 11.5. The molecule has 6 nitrogen and oxygen atoms in total. The summed E-state index contributed by atoms with van der Waals surface area (Å²) in [6.45, 7) is 8.66. The minimum absolute atomic E-state index is 0.0894. The zero-order valence-electron chi connectivity index (χ0n) is 19.1. The predicted octanol–water partition coefficient (Wildman–Crippen LogP) is 4.80. The standard InChI is InChI=1S/C18H26O3.C6H14O3/c1-4-6-7-14(5-2)12-16(18(19)20)13-15-8-10-17(21-3)11-9-15;1-2-8-5-6-9-4-3-7/h8-11,13-14H,4-7,12H2,1-3H3,(H,19,20);7H,2-6H2,1H3. The molecular weight excluding hydrogens is 384 g/mol. The van der Waals surface area contributed by atoms with E-state index in [0.29, 0.717) is 37.7 Å². The summed E-state index contributed by atoms with van der Waals surface area (Å²) in [6, 6.07) is 7.46. The van der Waals surface area contributed by atoms with Gasteiger partial charge in [0.05, 0.1) is 33.5 Å². The average molecular weight is 425 g/mol. The van der Waals surface area contributed by atoms with Crippen LogP contribution in [0.1, 0.15) is 58.4 Å². The van der Waals surface area contributed by atoms with E-state index in [1.165, 1.54) is 0 Å². The highest BCUT2D eigenvalue weighted by Gasteiger charge is 2.14.